The summed E-state index contributed by atoms with van der Waals surface area (Å²) in [6.07, 6.45) is 6.59. The molecule has 2 aromatic rings. The summed E-state index contributed by atoms with van der Waals surface area (Å²) in [5.74, 6) is 1.06. The van der Waals surface area contributed by atoms with E-state index in [9.17, 15) is 0 Å². The van der Waals surface area contributed by atoms with Crippen molar-refractivity contribution in [3.05, 3.63) is 47.8 Å². The van der Waals surface area contributed by atoms with Crippen LogP contribution in [0.3, 0.4) is 0 Å². The van der Waals surface area contributed by atoms with E-state index in [2.05, 4.69) is 47.5 Å². The average molecular weight is 396 g/mol. The number of guanidine groups is 1. The van der Waals surface area contributed by atoms with Crippen LogP contribution in [0, 0.1) is 12.3 Å². The fraction of sp³-hybridized carbons (Fsp3) is 0.565. The largest absolute Gasteiger partial charge is 0.381 e. The number of likely N-dealkylation sites (tertiary alicyclic amines) is 1. The molecule has 1 aromatic heterocycles. The number of benzene rings is 1. The van der Waals surface area contributed by atoms with Gasteiger partial charge in [0, 0.05) is 44.4 Å². The van der Waals surface area contributed by atoms with Crippen molar-refractivity contribution in [2.75, 3.05) is 39.4 Å². The van der Waals surface area contributed by atoms with E-state index in [-0.39, 0.29) is 0 Å². The summed E-state index contributed by atoms with van der Waals surface area (Å²) in [6, 6.07) is 10.3. The molecule has 0 aliphatic carbocycles. The zero-order valence-corrected chi connectivity index (χ0v) is 17.7. The number of aliphatic imine (C=N–C) groups is 1. The first-order valence-electron chi connectivity index (χ1n) is 10.9. The first-order chi connectivity index (χ1) is 14.2. The van der Waals surface area contributed by atoms with Gasteiger partial charge in [-0.2, -0.15) is 5.10 Å². The van der Waals surface area contributed by atoms with Gasteiger partial charge in [-0.05, 0) is 57.2 Å². The van der Waals surface area contributed by atoms with E-state index in [1.54, 1.807) is 0 Å². The number of aryl methyl sites for hydroxylation is 2. The molecule has 1 N–H and O–H groups in total. The van der Waals surface area contributed by atoms with Gasteiger partial charge in [-0.1, -0.05) is 18.2 Å². The van der Waals surface area contributed by atoms with E-state index >= 15 is 0 Å². The molecule has 0 amide bonds. The highest BCUT2D eigenvalue weighted by molar-refractivity contribution is 5.80. The van der Waals surface area contributed by atoms with Crippen LogP contribution in [0.25, 0.3) is 5.69 Å². The Morgan fingerprint density at radius 1 is 1.28 bits per heavy atom. The third-order valence-corrected chi connectivity index (χ3v) is 6.14. The molecule has 0 saturated carbocycles. The second-order valence-corrected chi connectivity index (χ2v) is 8.33. The molecular formula is C23H33N5O. The van der Waals surface area contributed by atoms with Gasteiger partial charge in [-0.25, -0.2) is 4.68 Å². The highest BCUT2D eigenvalue weighted by Gasteiger charge is 2.42. The van der Waals surface area contributed by atoms with Crippen LogP contribution in [0.4, 0.5) is 0 Å². The van der Waals surface area contributed by atoms with Gasteiger partial charge in [0.1, 0.15) is 0 Å². The minimum absolute atomic E-state index is 0.360. The average Bonchev–Trinajstić information content (AvgIpc) is 3.47. The summed E-state index contributed by atoms with van der Waals surface area (Å²) in [4.78, 5) is 7.35. The van der Waals surface area contributed by atoms with E-state index in [4.69, 9.17) is 9.73 Å². The number of nitrogens with zero attached hydrogens (tertiary/aromatic N) is 4. The van der Waals surface area contributed by atoms with Gasteiger partial charge in [-0.3, -0.25) is 4.99 Å². The molecule has 156 valence electrons. The molecule has 4 rings (SSSR count). The Hall–Kier alpha value is -2.34. The van der Waals surface area contributed by atoms with E-state index in [0.29, 0.717) is 5.41 Å². The predicted molar refractivity (Wildman–Crippen MR) is 117 cm³/mol. The van der Waals surface area contributed by atoms with Crippen molar-refractivity contribution in [3.8, 4) is 5.69 Å². The molecule has 1 atom stereocenters. The number of rotatable bonds is 6. The smallest absolute Gasteiger partial charge is 0.193 e. The lowest BCUT2D eigenvalue weighted by molar-refractivity contribution is 0.156. The summed E-state index contributed by atoms with van der Waals surface area (Å²) >= 11 is 0. The van der Waals surface area contributed by atoms with Crippen molar-refractivity contribution < 1.29 is 4.74 Å². The van der Waals surface area contributed by atoms with Crippen molar-refractivity contribution in [1.29, 1.82) is 0 Å². The number of hydrogen-bond acceptors (Lipinski definition) is 3. The molecule has 2 saturated heterocycles. The number of hydrogen-bond donors (Lipinski definition) is 1. The minimum atomic E-state index is 0.360. The van der Waals surface area contributed by atoms with Crippen molar-refractivity contribution in [1.82, 2.24) is 20.0 Å². The third-order valence-electron chi connectivity index (χ3n) is 6.14. The third kappa shape index (κ3) is 4.64. The Bertz CT molecular complexity index is 823. The Balaban J connectivity index is 1.33. The summed E-state index contributed by atoms with van der Waals surface area (Å²) in [5, 5.41) is 8.16. The fourth-order valence-corrected chi connectivity index (χ4v) is 4.42. The molecule has 0 radical (unpaired) electrons. The quantitative estimate of drug-likeness (QED) is 0.464. The summed E-state index contributed by atoms with van der Waals surface area (Å²) in [5.41, 5.74) is 3.87. The fourth-order valence-electron chi connectivity index (χ4n) is 4.42. The molecule has 1 unspecified atom stereocenters. The topological polar surface area (TPSA) is 54.7 Å². The van der Waals surface area contributed by atoms with Crippen LogP contribution in [0.1, 0.15) is 37.4 Å². The molecule has 2 fully saturated rings. The van der Waals surface area contributed by atoms with Gasteiger partial charge >= 0.3 is 0 Å². The highest BCUT2D eigenvalue weighted by Crippen LogP contribution is 2.38. The normalized spacial score (nSPS) is 22.0. The monoisotopic (exact) mass is 395 g/mol. The first-order valence-corrected chi connectivity index (χ1v) is 10.9. The van der Waals surface area contributed by atoms with Gasteiger partial charge < -0.3 is 15.0 Å². The van der Waals surface area contributed by atoms with E-state index in [1.165, 1.54) is 18.4 Å². The molecule has 6 heteroatoms. The lowest BCUT2D eigenvalue weighted by Crippen LogP contribution is -2.41. The summed E-state index contributed by atoms with van der Waals surface area (Å²) in [7, 11) is 0. The molecule has 3 heterocycles. The Labute approximate surface area is 174 Å². The molecule has 1 spiro atoms. The Kier molecular flexibility index (Phi) is 6.19. The van der Waals surface area contributed by atoms with Crippen LogP contribution in [0.2, 0.25) is 0 Å². The zero-order valence-electron chi connectivity index (χ0n) is 17.7. The number of nitrogens with one attached hydrogen (secondary N) is 1. The molecule has 29 heavy (non-hydrogen) atoms. The highest BCUT2D eigenvalue weighted by atomic mass is 16.5. The zero-order chi connectivity index (χ0) is 20.1. The molecule has 2 aliphatic rings. The van der Waals surface area contributed by atoms with E-state index < -0.39 is 0 Å². The Morgan fingerprint density at radius 3 is 2.90 bits per heavy atom. The minimum Gasteiger partial charge on any atom is -0.381 e. The van der Waals surface area contributed by atoms with E-state index in [1.807, 2.05) is 22.9 Å². The van der Waals surface area contributed by atoms with Gasteiger partial charge in [0.15, 0.2) is 5.96 Å². The van der Waals surface area contributed by atoms with Crippen LogP contribution < -0.4 is 5.32 Å². The van der Waals surface area contributed by atoms with Crippen molar-refractivity contribution in [2.24, 2.45) is 10.4 Å². The van der Waals surface area contributed by atoms with Gasteiger partial charge in [-0.15, -0.1) is 0 Å². The first kappa shape index (κ1) is 20.0. The summed E-state index contributed by atoms with van der Waals surface area (Å²) in [6.45, 7) is 9.95. The van der Waals surface area contributed by atoms with Crippen LogP contribution in [0.5, 0.6) is 0 Å². The maximum absolute atomic E-state index is 5.67. The van der Waals surface area contributed by atoms with E-state index in [0.717, 1.165) is 69.6 Å². The number of aromatic nitrogens is 2. The molecule has 2 aliphatic heterocycles. The summed E-state index contributed by atoms with van der Waals surface area (Å²) < 4.78 is 7.65. The van der Waals surface area contributed by atoms with Gasteiger partial charge in [0.2, 0.25) is 0 Å². The number of ether oxygens (including phenoxy) is 1. The molecule has 1 aromatic carbocycles. The standard InChI is InChI=1S/C23H33N5O/c1-3-24-22(27-14-11-23(17-27)12-15-29-18-23)25-13-7-8-20-16-28(26-19(20)2)21-9-5-4-6-10-21/h4-6,9-10,16H,3,7-8,11-15,17-18H2,1-2H3,(H,24,25). The van der Waals surface area contributed by atoms with Crippen LogP contribution in [-0.2, 0) is 11.2 Å². The van der Waals surface area contributed by atoms with Crippen molar-refractivity contribution in [2.45, 2.75) is 39.5 Å². The molecular weight excluding hydrogens is 362 g/mol. The van der Waals surface area contributed by atoms with Crippen LogP contribution in [0.15, 0.2) is 41.5 Å². The second kappa shape index (κ2) is 8.99. The second-order valence-electron chi connectivity index (χ2n) is 8.33. The van der Waals surface area contributed by atoms with Crippen molar-refractivity contribution >= 4 is 5.96 Å². The van der Waals surface area contributed by atoms with Crippen LogP contribution in [-0.4, -0.2) is 60.0 Å². The Morgan fingerprint density at radius 2 is 2.14 bits per heavy atom. The van der Waals surface area contributed by atoms with Gasteiger partial charge in [0.25, 0.3) is 0 Å². The molecule has 6 nitrogen and oxygen atoms in total. The lowest BCUT2D eigenvalue weighted by atomic mass is 9.87. The maximum Gasteiger partial charge on any atom is 0.193 e. The number of para-hydroxylation sites is 1. The van der Waals surface area contributed by atoms with Crippen LogP contribution >= 0.6 is 0 Å². The molecule has 0 bridgehead atoms. The predicted octanol–water partition coefficient (Wildman–Crippen LogP) is 3.19. The van der Waals surface area contributed by atoms with Crippen molar-refractivity contribution in [3.63, 3.8) is 0 Å². The SMILES string of the molecule is CCNC(=NCCCc1cn(-c2ccccc2)nc1C)N1CCC2(CCOC2)C1. The lowest BCUT2D eigenvalue weighted by Gasteiger charge is -2.25. The van der Waals surface area contributed by atoms with Gasteiger partial charge in [0.05, 0.1) is 18.0 Å². The maximum atomic E-state index is 5.67.